The van der Waals surface area contributed by atoms with E-state index in [2.05, 4.69) is 15.2 Å². The molecule has 4 aromatic rings. The van der Waals surface area contributed by atoms with E-state index in [4.69, 9.17) is 4.42 Å². The summed E-state index contributed by atoms with van der Waals surface area (Å²) < 4.78 is 9.87. The fourth-order valence-corrected chi connectivity index (χ4v) is 3.33. The van der Waals surface area contributed by atoms with Gasteiger partial charge in [0, 0.05) is 20.0 Å². The van der Waals surface area contributed by atoms with Gasteiger partial charge in [-0.2, -0.15) is 0 Å². The van der Waals surface area contributed by atoms with Crippen molar-refractivity contribution in [2.75, 3.05) is 0 Å². The van der Waals surface area contributed by atoms with Gasteiger partial charge >= 0.3 is 5.69 Å². The highest BCUT2D eigenvalue weighted by Crippen LogP contribution is 2.11. The molecule has 0 atom stereocenters. The van der Waals surface area contributed by atoms with E-state index in [-0.39, 0.29) is 12.4 Å². The minimum atomic E-state index is -0.420. The van der Waals surface area contributed by atoms with Crippen molar-refractivity contribution in [2.45, 2.75) is 46.3 Å². The molecule has 0 spiro atoms. The van der Waals surface area contributed by atoms with E-state index in [0.29, 0.717) is 30.1 Å². The van der Waals surface area contributed by atoms with Crippen molar-refractivity contribution in [2.24, 2.45) is 0 Å². The van der Waals surface area contributed by atoms with E-state index in [9.17, 15) is 9.59 Å². The molecule has 0 unspecified atom stereocenters. The molecule has 3 heterocycles. The molecular weight excluding hydrogens is 372 g/mol. The minimum absolute atomic E-state index is 0.0723. The summed E-state index contributed by atoms with van der Waals surface area (Å²) >= 11 is 0. The average Bonchev–Trinajstić information content (AvgIpc) is 3.32. The smallest absolute Gasteiger partial charge is 0.333 e. The Balaban J connectivity index is 1.88. The average molecular weight is 394 g/mol. The Morgan fingerprint density at radius 2 is 1.83 bits per heavy atom. The summed E-state index contributed by atoms with van der Waals surface area (Å²) in [6.07, 6.45) is 3.33. The molecule has 9 heteroatoms. The van der Waals surface area contributed by atoms with E-state index < -0.39 is 11.2 Å². The van der Waals surface area contributed by atoms with Gasteiger partial charge in [0.25, 0.3) is 5.56 Å². The predicted octanol–water partition coefficient (Wildman–Crippen LogP) is 1.95. The Bertz CT molecular complexity index is 1250. The maximum atomic E-state index is 13.3. The van der Waals surface area contributed by atoms with E-state index >= 15 is 0 Å². The Hall–Kier alpha value is -3.49. The van der Waals surface area contributed by atoms with E-state index in [1.165, 1.54) is 0 Å². The fraction of sp³-hybridized carbons (Fsp3) is 0.350. The van der Waals surface area contributed by atoms with E-state index in [0.717, 1.165) is 23.0 Å². The lowest BCUT2D eigenvalue weighted by atomic mass is 10.2. The van der Waals surface area contributed by atoms with Crippen LogP contribution in [-0.2, 0) is 19.6 Å². The quantitative estimate of drug-likeness (QED) is 0.475. The van der Waals surface area contributed by atoms with E-state index in [1.807, 2.05) is 37.3 Å². The van der Waals surface area contributed by atoms with Crippen LogP contribution >= 0.6 is 0 Å². The number of hydrogen-bond acceptors (Lipinski definition) is 6. The Labute approximate surface area is 166 Å². The summed E-state index contributed by atoms with van der Waals surface area (Å²) in [6, 6.07) is 9.80. The van der Waals surface area contributed by atoms with Gasteiger partial charge in [0.1, 0.15) is 6.54 Å². The molecule has 150 valence electrons. The second-order valence-corrected chi connectivity index (χ2v) is 6.92. The summed E-state index contributed by atoms with van der Waals surface area (Å²) in [6.45, 7) is 4.61. The van der Waals surface area contributed by atoms with Gasteiger partial charge in [-0.15, -0.1) is 10.2 Å². The molecule has 0 saturated heterocycles. The van der Waals surface area contributed by atoms with Crippen LogP contribution in [0.1, 0.15) is 37.1 Å². The minimum Gasteiger partial charge on any atom is -0.424 e. The first-order chi connectivity index (χ1) is 14.1. The summed E-state index contributed by atoms with van der Waals surface area (Å²) in [5, 5.41) is 7.71. The van der Waals surface area contributed by atoms with Crippen molar-refractivity contribution >= 4 is 11.2 Å². The SMILES string of the molecule is CCCCn1c(=O)n(Cc2nnc(C)o2)c(=O)c2c1ncn2Cc1ccccc1. The van der Waals surface area contributed by atoms with Crippen molar-refractivity contribution in [3.8, 4) is 0 Å². The van der Waals surface area contributed by atoms with Gasteiger partial charge in [-0.1, -0.05) is 43.7 Å². The maximum Gasteiger partial charge on any atom is 0.333 e. The number of benzene rings is 1. The highest BCUT2D eigenvalue weighted by atomic mass is 16.4. The van der Waals surface area contributed by atoms with Crippen LogP contribution in [0, 0.1) is 6.92 Å². The number of fused-ring (bicyclic) bond motifs is 1. The Morgan fingerprint density at radius 3 is 2.52 bits per heavy atom. The molecule has 0 aliphatic rings. The van der Waals surface area contributed by atoms with Crippen LogP contribution in [-0.4, -0.2) is 28.9 Å². The lowest BCUT2D eigenvalue weighted by molar-refractivity contribution is 0.441. The van der Waals surface area contributed by atoms with Crippen molar-refractivity contribution in [1.82, 2.24) is 28.9 Å². The highest BCUT2D eigenvalue weighted by molar-refractivity contribution is 5.70. The molecule has 0 N–H and O–H groups in total. The fourth-order valence-electron chi connectivity index (χ4n) is 3.33. The van der Waals surface area contributed by atoms with Crippen molar-refractivity contribution < 1.29 is 4.42 Å². The van der Waals surface area contributed by atoms with Gasteiger partial charge < -0.3 is 8.98 Å². The van der Waals surface area contributed by atoms with Gasteiger partial charge in [0.05, 0.1) is 6.33 Å². The normalized spacial score (nSPS) is 11.4. The molecule has 0 fully saturated rings. The molecule has 0 bridgehead atoms. The summed E-state index contributed by atoms with van der Waals surface area (Å²) in [5.74, 6) is 0.603. The highest BCUT2D eigenvalue weighted by Gasteiger charge is 2.19. The maximum absolute atomic E-state index is 13.3. The van der Waals surface area contributed by atoms with Crippen LogP contribution in [0.15, 0.2) is 50.7 Å². The van der Waals surface area contributed by atoms with Crippen LogP contribution < -0.4 is 11.2 Å². The number of unbranched alkanes of at least 4 members (excludes halogenated alkanes) is 1. The molecule has 9 nitrogen and oxygen atoms in total. The third-order valence-corrected chi connectivity index (χ3v) is 4.78. The first-order valence-corrected chi connectivity index (χ1v) is 9.60. The second-order valence-electron chi connectivity index (χ2n) is 6.92. The Kier molecular flexibility index (Phi) is 5.11. The molecule has 29 heavy (non-hydrogen) atoms. The molecule has 0 aliphatic carbocycles. The van der Waals surface area contributed by atoms with Gasteiger partial charge in [0.2, 0.25) is 11.8 Å². The molecule has 3 aromatic heterocycles. The predicted molar refractivity (Wildman–Crippen MR) is 107 cm³/mol. The molecular formula is C20H22N6O3. The lowest BCUT2D eigenvalue weighted by Crippen LogP contribution is -2.41. The van der Waals surface area contributed by atoms with Crippen molar-refractivity contribution in [3.05, 3.63) is 74.8 Å². The topological polar surface area (TPSA) is 101 Å². The molecule has 0 aliphatic heterocycles. The van der Waals surface area contributed by atoms with Crippen LogP contribution in [0.5, 0.6) is 0 Å². The number of nitrogens with zero attached hydrogens (tertiary/aromatic N) is 6. The molecule has 0 saturated carbocycles. The third-order valence-electron chi connectivity index (χ3n) is 4.78. The number of rotatable bonds is 7. The number of aromatic nitrogens is 6. The van der Waals surface area contributed by atoms with Gasteiger partial charge in [-0.05, 0) is 12.0 Å². The zero-order valence-electron chi connectivity index (χ0n) is 16.4. The van der Waals surface area contributed by atoms with Crippen molar-refractivity contribution in [1.29, 1.82) is 0 Å². The van der Waals surface area contributed by atoms with E-state index in [1.54, 1.807) is 22.4 Å². The van der Waals surface area contributed by atoms with Crippen LogP contribution in [0.3, 0.4) is 0 Å². The number of hydrogen-bond donors (Lipinski definition) is 0. The van der Waals surface area contributed by atoms with Crippen LogP contribution in [0.2, 0.25) is 0 Å². The van der Waals surface area contributed by atoms with Gasteiger partial charge in [0.15, 0.2) is 11.2 Å². The molecule has 0 radical (unpaired) electrons. The first kappa shape index (κ1) is 18.9. The third kappa shape index (κ3) is 3.63. The van der Waals surface area contributed by atoms with Crippen molar-refractivity contribution in [3.63, 3.8) is 0 Å². The van der Waals surface area contributed by atoms with Crippen LogP contribution in [0.4, 0.5) is 0 Å². The van der Waals surface area contributed by atoms with Gasteiger partial charge in [-0.25, -0.2) is 14.3 Å². The summed E-state index contributed by atoms with van der Waals surface area (Å²) in [4.78, 5) is 30.7. The largest absolute Gasteiger partial charge is 0.424 e. The lowest BCUT2D eigenvalue weighted by Gasteiger charge is -2.11. The standard InChI is InChI=1S/C20H22N6O3/c1-3-4-10-25-18-17(24(13-21-18)11-15-8-6-5-7-9-15)19(27)26(20(25)28)12-16-23-22-14(2)29-16/h5-9,13H,3-4,10-12H2,1-2H3. The number of imidazole rings is 1. The molecule has 1 aromatic carbocycles. The number of aryl methyl sites for hydroxylation is 2. The first-order valence-electron chi connectivity index (χ1n) is 9.60. The summed E-state index contributed by atoms with van der Waals surface area (Å²) in [5.41, 5.74) is 0.999. The Morgan fingerprint density at radius 1 is 1.03 bits per heavy atom. The molecule has 0 amide bonds. The summed E-state index contributed by atoms with van der Waals surface area (Å²) in [7, 11) is 0. The monoisotopic (exact) mass is 394 g/mol. The second kappa shape index (κ2) is 7.86. The van der Waals surface area contributed by atoms with Gasteiger partial charge in [-0.3, -0.25) is 9.36 Å². The van der Waals surface area contributed by atoms with Crippen LogP contribution in [0.25, 0.3) is 11.2 Å². The zero-order valence-corrected chi connectivity index (χ0v) is 16.4. The molecule has 4 rings (SSSR count). The zero-order chi connectivity index (χ0) is 20.4.